The van der Waals surface area contributed by atoms with Gasteiger partial charge in [-0.2, -0.15) is 0 Å². The van der Waals surface area contributed by atoms with E-state index in [-0.39, 0.29) is 0 Å². The van der Waals surface area contributed by atoms with Crippen molar-refractivity contribution in [1.82, 2.24) is 14.0 Å². The predicted molar refractivity (Wildman–Crippen MR) is 89.8 cm³/mol. The maximum Gasteiger partial charge on any atom is 0.214 e. The second-order valence-electron chi connectivity index (χ2n) is 5.64. The number of nitrogens with zero attached hydrogens (tertiary/aromatic N) is 3. The number of rotatable bonds is 2. The second-order valence-corrected chi connectivity index (χ2v) is 5.64. The van der Waals surface area contributed by atoms with Crippen molar-refractivity contribution in [2.45, 2.75) is 6.92 Å². The summed E-state index contributed by atoms with van der Waals surface area (Å²) in [5, 5.41) is 0. The molecule has 0 unspecified atom stereocenters. The topological polar surface area (TPSA) is 22.2 Å². The Morgan fingerprint density at radius 3 is 2.23 bits per heavy atom. The van der Waals surface area contributed by atoms with E-state index in [4.69, 9.17) is 4.98 Å². The van der Waals surface area contributed by atoms with Crippen LogP contribution in [0.15, 0.2) is 67.0 Å². The van der Waals surface area contributed by atoms with Crippen LogP contribution in [-0.2, 0) is 7.05 Å². The van der Waals surface area contributed by atoms with Gasteiger partial charge in [-0.25, -0.2) is 4.98 Å². The van der Waals surface area contributed by atoms with Crippen LogP contribution in [0.1, 0.15) is 5.56 Å². The van der Waals surface area contributed by atoms with Crippen molar-refractivity contribution in [2.24, 2.45) is 7.05 Å². The summed E-state index contributed by atoms with van der Waals surface area (Å²) in [6.07, 6.45) is 4.22. The summed E-state index contributed by atoms with van der Waals surface area (Å²) in [7, 11) is 2.06. The van der Waals surface area contributed by atoms with Crippen LogP contribution in [0.3, 0.4) is 0 Å². The van der Waals surface area contributed by atoms with Crippen LogP contribution in [-0.4, -0.2) is 14.0 Å². The van der Waals surface area contributed by atoms with Gasteiger partial charge in [-0.05, 0) is 12.5 Å². The van der Waals surface area contributed by atoms with Crippen LogP contribution >= 0.6 is 0 Å². The molecule has 2 heterocycles. The number of benzene rings is 2. The van der Waals surface area contributed by atoms with E-state index in [1.54, 1.807) is 0 Å². The molecule has 0 N–H and O–H groups in total. The minimum Gasteiger partial charge on any atom is -0.313 e. The first kappa shape index (κ1) is 12.9. The van der Waals surface area contributed by atoms with Crippen LogP contribution in [0.4, 0.5) is 0 Å². The van der Waals surface area contributed by atoms with Gasteiger partial charge in [0.25, 0.3) is 0 Å². The van der Waals surface area contributed by atoms with Gasteiger partial charge < -0.3 is 4.57 Å². The van der Waals surface area contributed by atoms with Gasteiger partial charge in [0.15, 0.2) is 0 Å². The molecule has 4 rings (SSSR count). The summed E-state index contributed by atoms with van der Waals surface area (Å²) in [5.74, 6) is 0.953. The molecule has 0 spiro atoms. The van der Waals surface area contributed by atoms with Crippen LogP contribution in [0.25, 0.3) is 28.3 Å². The van der Waals surface area contributed by atoms with E-state index in [9.17, 15) is 0 Å². The first-order valence-corrected chi connectivity index (χ1v) is 7.39. The van der Waals surface area contributed by atoms with Crippen molar-refractivity contribution < 1.29 is 0 Å². The predicted octanol–water partition coefficient (Wildman–Crippen LogP) is 4.32. The standard InChI is InChI=1S/C19H17N3/c1-14-8-10-15(11-9-14)17-12-22-13-18(21(2)19(22)20-17)16-6-4-3-5-7-16/h3-13H,1-2H3. The SMILES string of the molecule is Cc1ccc(-c2cn3cc(-c4ccccc4)n(C)c3n2)cc1. The Bertz CT molecular complexity index is 928. The highest BCUT2D eigenvalue weighted by Gasteiger charge is 2.11. The van der Waals surface area contributed by atoms with E-state index in [2.05, 4.69) is 83.9 Å². The molecule has 2 aromatic carbocycles. The third kappa shape index (κ3) is 2.02. The molecular formula is C19H17N3. The van der Waals surface area contributed by atoms with E-state index in [0.29, 0.717) is 0 Å². The van der Waals surface area contributed by atoms with Crippen molar-refractivity contribution in [3.8, 4) is 22.5 Å². The molecule has 0 radical (unpaired) electrons. The van der Waals surface area contributed by atoms with Crippen LogP contribution in [0, 0.1) is 6.92 Å². The summed E-state index contributed by atoms with van der Waals surface area (Å²) < 4.78 is 4.23. The third-order valence-corrected chi connectivity index (χ3v) is 4.05. The molecule has 0 aliphatic heterocycles. The van der Waals surface area contributed by atoms with Crippen molar-refractivity contribution in [3.63, 3.8) is 0 Å². The first-order chi connectivity index (χ1) is 10.7. The maximum absolute atomic E-state index is 4.78. The lowest BCUT2D eigenvalue weighted by Gasteiger charge is -2.02. The largest absolute Gasteiger partial charge is 0.313 e. The quantitative estimate of drug-likeness (QED) is 0.538. The Kier molecular flexibility index (Phi) is 2.86. The van der Waals surface area contributed by atoms with Crippen LogP contribution < -0.4 is 0 Å². The average Bonchev–Trinajstić information content (AvgIpc) is 3.09. The molecule has 3 heteroatoms. The van der Waals surface area contributed by atoms with E-state index < -0.39 is 0 Å². The van der Waals surface area contributed by atoms with Crippen molar-refractivity contribution >= 4 is 5.78 Å². The van der Waals surface area contributed by atoms with E-state index in [0.717, 1.165) is 17.0 Å². The van der Waals surface area contributed by atoms with Crippen molar-refractivity contribution in [3.05, 3.63) is 72.6 Å². The molecule has 0 saturated heterocycles. The molecular weight excluding hydrogens is 270 g/mol. The average molecular weight is 287 g/mol. The molecule has 0 aliphatic rings. The molecule has 0 saturated carbocycles. The lowest BCUT2D eigenvalue weighted by Crippen LogP contribution is -1.92. The summed E-state index contributed by atoms with van der Waals surface area (Å²) >= 11 is 0. The third-order valence-electron chi connectivity index (χ3n) is 4.05. The molecule has 0 amide bonds. The molecule has 0 aliphatic carbocycles. The summed E-state index contributed by atoms with van der Waals surface area (Å²) in [4.78, 5) is 4.78. The maximum atomic E-state index is 4.78. The molecule has 0 fully saturated rings. The lowest BCUT2D eigenvalue weighted by molar-refractivity contribution is 0.945. The molecule has 0 atom stereocenters. The second kappa shape index (κ2) is 4.88. The van der Waals surface area contributed by atoms with E-state index >= 15 is 0 Å². The van der Waals surface area contributed by atoms with Crippen LogP contribution in [0.2, 0.25) is 0 Å². The first-order valence-electron chi connectivity index (χ1n) is 7.39. The smallest absolute Gasteiger partial charge is 0.214 e. The van der Waals surface area contributed by atoms with Gasteiger partial charge in [-0.15, -0.1) is 0 Å². The number of aromatic nitrogens is 3. The number of hydrogen-bond donors (Lipinski definition) is 0. The van der Waals surface area contributed by atoms with Crippen molar-refractivity contribution in [1.29, 1.82) is 0 Å². The van der Waals surface area contributed by atoms with Gasteiger partial charge in [0.1, 0.15) is 0 Å². The molecule has 108 valence electrons. The summed E-state index contributed by atoms with van der Waals surface area (Å²) in [6.45, 7) is 2.10. The van der Waals surface area contributed by atoms with Crippen LogP contribution in [0.5, 0.6) is 0 Å². The van der Waals surface area contributed by atoms with Gasteiger partial charge in [0, 0.05) is 25.0 Å². The summed E-state index contributed by atoms with van der Waals surface area (Å²) in [5.41, 5.74) is 5.78. The highest BCUT2D eigenvalue weighted by atomic mass is 15.2. The molecule has 3 nitrogen and oxygen atoms in total. The minimum absolute atomic E-state index is 0.953. The molecule has 0 bridgehead atoms. The Balaban J connectivity index is 1.82. The number of fused-ring (bicyclic) bond motifs is 1. The highest BCUT2D eigenvalue weighted by Crippen LogP contribution is 2.25. The van der Waals surface area contributed by atoms with Gasteiger partial charge in [-0.1, -0.05) is 60.2 Å². The Labute approximate surface area is 129 Å². The van der Waals surface area contributed by atoms with Gasteiger partial charge in [0.2, 0.25) is 5.78 Å². The molecule has 22 heavy (non-hydrogen) atoms. The van der Waals surface area contributed by atoms with E-state index in [1.807, 2.05) is 6.07 Å². The normalized spacial score (nSPS) is 11.2. The minimum atomic E-state index is 0.953. The van der Waals surface area contributed by atoms with Gasteiger partial charge in [0.05, 0.1) is 11.4 Å². The highest BCUT2D eigenvalue weighted by molar-refractivity contribution is 5.67. The van der Waals surface area contributed by atoms with Gasteiger partial charge >= 0.3 is 0 Å². The number of hydrogen-bond acceptors (Lipinski definition) is 1. The Hall–Kier alpha value is -2.81. The zero-order valence-corrected chi connectivity index (χ0v) is 12.7. The number of imidazole rings is 2. The zero-order valence-electron chi connectivity index (χ0n) is 12.7. The Morgan fingerprint density at radius 1 is 0.818 bits per heavy atom. The summed E-state index contributed by atoms with van der Waals surface area (Å²) in [6, 6.07) is 18.9. The fourth-order valence-electron chi connectivity index (χ4n) is 2.79. The fraction of sp³-hybridized carbons (Fsp3) is 0.105. The lowest BCUT2D eigenvalue weighted by atomic mass is 10.1. The zero-order chi connectivity index (χ0) is 15.1. The van der Waals surface area contributed by atoms with E-state index in [1.165, 1.54) is 16.8 Å². The Morgan fingerprint density at radius 2 is 1.55 bits per heavy atom. The molecule has 4 aromatic rings. The fourth-order valence-corrected chi connectivity index (χ4v) is 2.79. The van der Waals surface area contributed by atoms with Gasteiger partial charge in [-0.3, -0.25) is 4.40 Å². The monoisotopic (exact) mass is 287 g/mol. The number of aryl methyl sites for hydroxylation is 2. The molecule has 2 aromatic heterocycles. The van der Waals surface area contributed by atoms with Crippen molar-refractivity contribution in [2.75, 3.05) is 0 Å².